The summed E-state index contributed by atoms with van der Waals surface area (Å²) in [7, 11) is 0. The lowest BCUT2D eigenvalue weighted by molar-refractivity contribution is 0.0521. The first-order valence-electron chi connectivity index (χ1n) is 5.20. The van der Waals surface area contributed by atoms with Crippen molar-refractivity contribution >= 4 is 17.6 Å². The molecule has 0 spiro atoms. The van der Waals surface area contributed by atoms with Gasteiger partial charge < -0.3 is 15.2 Å². The van der Waals surface area contributed by atoms with E-state index in [0.717, 1.165) is 0 Å². The molecule has 0 unspecified atom stereocenters. The minimum atomic E-state index is -0.656. The van der Waals surface area contributed by atoms with E-state index in [0.29, 0.717) is 0 Å². The van der Waals surface area contributed by atoms with Crippen LogP contribution in [0.25, 0.3) is 0 Å². The van der Waals surface area contributed by atoms with Crippen molar-refractivity contribution in [2.75, 3.05) is 18.9 Å². The summed E-state index contributed by atoms with van der Waals surface area (Å²) in [6, 6.07) is 1.40. The molecule has 0 aliphatic rings. The van der Waals surface area contributed by atoms with Crippen molar-refractivity contribution in [3.63, 3.8) is 0 Å². The molecule has 0 saturated heterocycles. The number of aromatic nitrogens is 1. The second-order valence-electron chi connectivity index (χ2n) is 3.06. The van der Waals surface area contributed by atoms with Crippen molar-refractivity contribution in [3.05, 3.63) is 23.5 Å². The highest BCUT2D eigenvalue weighted by Gasteiger charge is 2.19. The number of ether oxygens (including phenoxy) is 2. The summed E-state index contributed by atoms with van der Waals surface area (Å²) in [6.07, 6.45) is 1.31. The molecule has 6 heteroatoms. The van der Waals surface area contributed by atoms with Crippen LogP contribution >= 0.6 is 0 Å². The Labute approximate surface area is 98.7 Å². The molecule has 0 aromatic carbocycles. The van der Waals surface area contributed by atoms with Gasteiger partial charge in [0, 0.05) is 6.20 Å². The summed E-state index contributed by atoms with van der Waals surface area (Å²) < 4.78 is 9.57. The van der Waals surface area contributed by atoms with Crippen LogP contribution < -0.4 is 5.73 Å². The van der Waals surface area contributed by atoms with Crippen molar-refractivity contribution in [1.82, 2.24) is 4.98 Å². The van der Waals surface area contributed by atoms with Crippen LogP contribution in [-0.4, -0.2) is 30.1 Å². The first-order valence-corrected chi connectivity index (χ1v) is 5.20. The third-order valence-electron chi connectivity index (χ3n) is 1.95. The molecule has 1 rings (SSSR count). The quantitative estimate of drug-likeness (QED) is 0.787. The highest BCUT2D eigenvalue weighted by molar-refractivity contribution is 6.02. The maximum Gasteiger partial charge on any atom is 0.359 e. The summed E-state index contributed by atoms with van der Waals surface area (Å²) in [4.78, 5) is 26.8. The van der Waals surface area contributed by atoms with Crippen LogP contribution in [0, 0.1) is 0 Å². The van der Waals surface area contributed by atoms with E-state index in [1.54, 1.807) is 13.8 Å². The predicted octanol–water partition coefficient (Wildman–Crippen LogP) is 1.02. The first kappa shape index (κ1) is 13.0. The third-order valence-corrected chi connectivity index (χ3v) is 1.95. The highest BCUT2D eigenvalue weighted by atomic mass is 16.5. The average molecular weight is 238 g/mol. The fraction of sp³-hybridized carbons (Fsp3) is 0.364. The Morgan fingerprint density at radius 1 is 1.24 bits per heavy atom. The van der Waals surface area contributed by atoms with Gasteiger partial charge in [-0.2, -0.15) is 0 Å². The standard InChI is InChI=1S/C11H14N2O4/c1-3-16-10(14)7-5-6-13-9(8(7)12)11(15)17-4-2/h5-6H,3-4,12H2,1-2H3. The van der Waals surface area contributed by atoms with Crippen LogP contribution in [0.4, 0.5) is 5.69 Å². The molecule has 17 heavy (non-hydrogen) atoms. The molecule has 0 radical (unpaired) electrons. The molecule has 0 bridgehead atoms. The van der Waals surface area contributed by atoms with Gasteiger partial charge >= 0.3 is 11.9 Å². The first-order chi connectivity index (χ1) is 8.11. The molecular weight excluding hydrogens is 224 g/mol. The van der Waals surface area contributed by atoms with Gasteiger partial charge in [0.25, 0.3) is 0 Å². The Kier molecular flexibility index (Phi) is 4.45. The Bertz CT molecular complexity index is 395. The smallest absolute Gasteiger partial charge is 0.359 e. The van der Waals surface area contributed by atoms with Gasteiger partial charge in [0.15, 0.2) is 5.69 Å². The summed E-state index contributed by atoms with van der Waals surface area (Å²) in [6.45, 7) is 3.80. The van der Waals surface area contributed by atoms with E-state index in [1.165, 1.54) is 12.3 Å². The molecular formula is C11H14N2O4. The second kappa shape index (κ2) is 5.83. The van der Waals surface area contributed by atoms with Crippen LogP contribution in [0.1, 0.15) is 34.7 Å². The zero-order valence-corrected chi connectivity index (χ0v) is 9.73. The number of anilines is 1. The van der Waals surface area contributed by atoms with E-state index in [4.69, 9.17) is 15.2 Å². The third kappa shape index (κ3) is 2.93. The molecule has 0 saturated carbocycles. The number of hydrogen-bond donors (Lipinski definition) is 1. The van der Waals surface area contributed by atoms with Crippen molar-refractivity contribution in [3.8, 4) is 0 Å². The number of nitrogens with zero attached hydrogens (tertiary/aromatic N) is 1. The summed E-state index contributed by atoms with van der Waals surface area (Å²) in [5.41, 5.74) is 5.70. The monoisotopic (exact) mass is 238 g/mol. The lowest BCUT2D eigenvalue weighted by Crippen LogP contribution is -2.15. The van der Waals surface area contributed by atoms with Crippen molar-refractivity contribution in [2.45, 2.75) is 13.8 Å². The Balaban J connectivity index is 3.07. The Morgan fingerprint density at radius 3 is 2.41 bits per heavy atom. The SMILES string of the molecule is CCOC(=O)c1ccnc(C(=O)OCC)c1N. The molecule has 0 atom stereocenters. The minimum Gasteiger partial charge on any atom is -0.462 e. The maximum atomic E-state index is 11.5. The molecule has 1 aromatic rings. The average Bonchev–Trinajstić information content (AvgIpc) is 2.29. The molecule has 0 fully saturated rings. The van der Waals surface area contributed by atoms with Crippen LogP contribution in [0.5, 0.6) is 0 Å². The maximum absolute atomic E-state index is 11.5. The molecule has 0 amide bonds. The lowest BCUT2D eigenvalue weighted by Gasteiger charge is -2.08. The van der Waals surface area contributed by atoms with Gasteiger partial charge in [0.1, 0.15) is 0 Å². The molecule has 0 aliphatic heterocycles. The fourth-order valence-corrected chi connectivity index (χ4v) is 1.22. The molecule has 1 heterocycles. The van der Waals surface area contributed by atoms with Crippen molar-refractivity contribution in [2.24, 2.45) is 0 Å². The van der Waals surface area contributed by atoms with Gasteiger partial charge in [-0.1, -0.05) is 0 Å². The van der Waals surface area contributed by atoms with E-state index in [9.17, 15) is 9.59 Å². The zero-order chi connectivity index (χ0) is 12.8. The van der Waals surface area contributed by atoms with E-state index in [-0.39, 0.29) is 30.2 Å². The van der Waals surface area contributed by atoms with Crippen LogP contribution in [0.2, 0.25) is 0 Å². The van der Waals surface area contributed by atoms with Crippen LogP contribution in [-0.2, 0) is 9.47 Å². The van der Waals surface area contributed by atoms with Gasteiger partial charge in [-0.05, 0) is 19.9 Å². The normalized spacial score (nSPS) is 9.76. The molecule has 2 N–H and O–H groups in total. The number of carbonyl (C=O) groups excluding carboxylic acids is 2. The number of pyridine rings is 1. The van der Waals surface area contributed by atoms with E-state index in [2.05, 4.69) is 4.98 Å². The van der Waals surface area contributed by atoms with E-state index >= 15 is 0 Å². The van der Waals surface area contributed by atoms with Gasteiger partial charge in [-0.3, -0.25) is 0 Å². The van der Waals surface area contributed by atoms with Gasteiger partial charge in [0.2, 0.25) is 0 Å². The lowest BCUT2D eigenvalue weighted by atomic mass is 10.2. The molecule has 0 aliphatic carbocycles. The van der Waals surface area contributed by atoms with Crippen molar-refractivity contribution in [1.29, 1.82) is 0 Å². The largest absolute Gasteiger partial charge is 0.462 e. The Morgan fingerprint density at radius 2 is 1.82 bits per heavy atom. The fourth-order valence-electron chi connectivity index (χ4n) is 1.22. The topological polar surface area (TPSA) is 91.5 Å². The van der Waals surface area contributed by atoms with Crippen LogP contribution in [0.3, 0.4) is 0 Å². The number of nitrogens with two attached hydrogens (primary N) is 1. The van der Waals surface area contributed by atoms with Gasteiger partial charge in [-0.15, -0.1) is 0 Å². The number of rotatable bonds is 4. The second-order valence-corrected chi connectivity index (χ2v) is 3.06. The van der Waals surface area contributed by atoms with Gasteiger partial charge in [0.05, 0.1) is 24.5 Å². The summed E-state index contributed by atoms with van der Waals surface area (Å²) in [5.74, 6) is -1.24. The number of nitrogen functional groups attached to an aromatic ring is 1. The summed E-state index contributed by atoms with van der Waals surface area (Å²) >= 11 is 0. The number of carbonyl (C=O) groups is 2. The van der Waals surface area contributed by atoms with Gasteiger partial charge in [-0.25, -0.2) is 14.6 Å². The Hall–Kier alpha value is -2.11. The van der Waals surface area contributed by atoms with Crippen molar-refractivity contribution < 1.29 is 19.1 Å². The zero-order valence-electron chi connectivity index (χ0n) is 9.73. The van der Waals surface area contributed by atoms with E-state index in [1.807, 2.05) is 0 Å². The molecule has 6 nitrogen and oxygen atoms in total. The molecule has 1 aromatic heterocycles. The number of esters is 2. The highest BCUT2D eigenvalue weighted by Crippen LogP contribution is 2.17. The van der Waals surface area contributed by atoms with E-state index < -0.39 is 11.9 Å². The minimum absolute atomic E-state index is 0.0237. The summed E-state index contributed by atoms with van der Waals surface area (Å²) in [5, 5.41) is 0. The predicted molar refractivity (Wildman–Crippen MR) is 60.6 cm³/mol. The van der Waals surface area contributed by atoms with Crippen LogP contribution in [0.15, 0.2) is 12.3 Å². The number of hydrogen-bond acceptors (Lipinski definition) is 6. The molecule has 92 valence electrons.